The molecule has 1 fully saturated rings. The van der Waals surface area contributed by atoms with Crippen molar-refractivity contribution in [2.24, 2.45) is 0 Å². The van der Waals surface area contributed by atoms with E-state index in [2.05, 4.69) is 21.8 Å². The molecule has 8 heteroatoms. The number of urea groups is 1. The summed E-state index contributed by atoms with van der Waals surface area (Å²) in [7, 11) is 0. The van der Waals surface area contributed by atoms with E-state index in [1.807, 2.05) is 12.1 Å². The van der Waals surface area contributed by atoms with E-state index in [4.69, 9.17) is 4.98 Å². The number of pyridine rings is 1. The van der Waals surface area contributed by atoms with Crippen molar-refractivity contribution in [3.05, 3.63) is 54.0 Å². The van der Waals surface area contributed by atoms with Crippen LogP contribution in [0.4, 0.5) is 19.3 Å². The fourth-order valence-electron chi connectivity index (χ4n) is 3.67. The number of carbonyl (C=O) groups is 1. The number of imidazole rings is 1. The fraction of sp³-hybridized carbons (Fsp3) is 0.350. The smallest absolute Gasteiger partial charge is 0.321 e. The van der Waals surface area contributed by atoms with Gasteiger partial charge in [0.05, 0.1) is 5.69 Å². The molecule has 0 spiro atoms. The molecule has 1 aliphatic rings. The number of nitrogens with one attached hydrogen (secondary N) is 1. The van der Waals surface area contributed by atoms with Crippen LogP contribution in [0.2, 0.25) is 0 Å². The Morgan fingerprint density at radius 1 is 1.32 bits per heavy atom. The largest absolute Gasteiger partial charge is 0.324 e. The normalized spacial score (nSPS) is 16.7. The number of likely N-dealkylation sites (tertiary alicyclic amines) is 1. The number of benzene rings is 1. The molecule has 146 valence electrons. The number of rotatable bonds is 4. The maximum absolute atomic E-state index is 13.8. The van der Waals surface area contributed by atoms with Crippen molar-refractivity contribution in [1.82, 2.24) is 19.4 Å². The maximum atomic E-state index is 13.8. The molecule has 1 saturated heterocycles. The molecule has 2 amide bonds. The lowest BCUT2D eigenvalue weighted by Crippen LogP contribution is -2.33. The molecule has 0 bridgehead atoms. The molecule has 1 aliphatic heterocycles. The molecule has 0 radical (unpaired) electrons. The summed E-state index contributed by atoms with van der Waals surface area (Å²) in [5.74, 6) is -0.273. The summed E-state index contributed by atoms with van der Waals surface area (Å²) in [6.45, 7) is 3.90. The van der Waals surface area contributed by atoms with Gasteiger partial charge in [0.15, 0.2) is 5.65 Å². The fourth-order valence-corrected chi connectivity index (χ4v) is 3.67. The van der Waals surface area contributed by atoms with Crippen LogP contribution in [0.1, 0.15) is 31.5 Å². The van der Waals surface area contributed by atoms with E-state index in [0.717, 1.165) is 54.6 Å². The molecule has 3 aromatic rings. The Labute approximate surface area is 161 Å². The Morgan fingerprint density at radius 3 is 3.00 bits per heavy atom. The van der Waals surface area contributed by atoms with Crippen molar-refractivity contribution in [1.29, 1.82) is 0 Å². The zero-order valence-electron chi connectivity index (χ0n) is 15.5. The second kappa shape index (κ2) is 7.53. The van der Waals surface area contributed by atoms with E-state index in [9.17, 15) is 13.6 Å². The van der Waals surface area contributed by atoms with E-state index < -0.39 is 17.7 Å². The number of nitrogens with zero attached hydrogens (tertiary/aromatic N) is 4. The van der Waals surface area contributed by atoms with E-state index >= 15 is 0 Å². The molecule has 6 nitrogen and oxygen atoms in total. The summed E-state index contributed by atoms with van der Waals surface area (Å²) < 4.78 is 29.2. The SMILES string of the molecule is CCCn1c([C@H]2CCN(C(=O)Nc3cc(F)ccc3F)C2)nc2cccnc21. The van der Waals surface area contributed by atoms with Gasteiger partial charge >= 0.3 is 6.03 Å². The molecular formula is C20H21F2N5O. The molecule has 1 aromatic carbocycles. The van der Waals surface area contributed by atoms with E-state index in [0.29, 0.717) is 13.1 Å². The van der Waals surface area contributed by atoms with Gasteiger partial charge in [0.2, 0.25) is 0 Å². The molecular weight excluding hydrogens is 364 g/mol. The van der Waals surface area contributed by atoms with Crippen LogP contribution in [0.5, 0.6) is 0 Å². The van der Waals surface area contributed by atoms with Gasteiger partial charge in [-0.15, -0.1) is 0 Å². The Hall–Kier alpha value is -3.03. The highest BCUT2D eigenvalue weighted by atomic mass is 19.1. The van der Waals surface area contributed by atoms with Gasteiger partial charge in [-0.2, -0.15) is 0 Å². The number of carbonyl (C=O) groups excluding carboxylic acids is 1. The number of hydrogen-bond acceptors (Lipinski definition) is 3. The van der Waals surface area contributed by atoms with Crippen LogP contribution in [0.15, 0.2) is 36.5 Å². The Balaban J connectivity index is 1.52. The molecule has 1 N–H and O–H groups in total. The predicted octanol–water partition coefficient (Wildman–Crippen LogP) is 4.14. The molecule has 0 unspecified atom stereocenters. The zero-order chi connectivity index (χ0) is 19.7. The molecule has 3 heterocycles. The van der Waals surface area contributed by atoms with Gasteiger partial charge in [-0.05, 0) is 37.1 Å². The highest BCUT2D eigenvalue weighted by Crippen LogP contribution is 2.30. The van der Waals surface area contributed by atoms with Crippen LogP contribution in [-0.2, 0) is 6.54 Å². The van der Waals surface area contributed by atoms with Gasteiger partial charge in [-0.25, -0.2) is 23.5 Å². The summed E-state index contributed by atoms with van der Waals surface area (Å²) in [6, 6.07) is 6.35. The lowest BCUT2D eigenvalue weighted by atomic mass is 10.1. The zero-order valence-corrected chi connectivity index (χ0v) is 15.5. The van der Waals surface area contributed by atoms with Crippen molar-refractivity contribution in [3.8, 4) is 0 Å². The second-order valence-electron chi connectivity index (χ2n) is 6.95. The highest BCUT2D eigenvalue weighted by Gasteiger charge is 2.31. The van der Waals surface area contributed by atoms with E-state index in [1.165, 1.54) is 0 Å². The van der Waals surface area contributed by atoms with Crippen LogP contribution in [0.3, 0.4) is 0 Å². The standard InChI is InChI=1S/C20H21F2N5O/c1-2-9-27-18(24-16-4-3-8-23-19(16)27)13-7-10-26(12-13)20(28)25-17-11-14(21)5-6-15(17)22/h3-6,8,11,13H,2,7,9-10,12H2,1H3,(H,25,28)/t13-/m0/s1. The monoisotopic (exact) mass is 385 g/mol. The number of anilines is 1. The molecule has 0 aliphatic carbocycles. The van der Waals surface area contributed by atoms with Crippen LogP contribution in [0, 0.1) is 11.6 Å². The Morgan fingerprint density at radius 2 is 2.18 bits per heavy atom. The van der Waals surface area contributed by atoms with Crippen molar-refractivity contribution >= 4 is 22.9 Å². The number of amides is 2. The van der Waals surface area contributed by atoms with Gasteiger partial charge < -0.3 is 14.8 Å². The first-order chi connectivity index (χ1) is 13.6. The Bertz CT molecular complexity index is 1020. The summed E-state index contributed by atoms with van der Waals surface area (Å²) >= 11 is 0. The third-order valence-electron chi connectivity index (χ3n) is 4.99. The maximum Gasteiger partial charge on any atom is 0.321 e. The summed E-state index contributed by atoms with van der Waals surface area (Å²) in [5, 5.41) is 2.46. The molecule has 4 rings (SSSR count). The number of halogens is 2. The van der Waals surface area contributed by atoms with Crippen LogP contribution >= 0.6 is 0 Å². The van der Waals surface area contributed by atoms with Crippen LogP contribution in [-0.4, -0.2) is 38.6 Å². The molecule has 2 aromatic heterocycles. The van der Waals surface area contributed by atoms with Gasteiger partial charge in [-0.3, -0.25) is 0 Å². The highest BCUT2D eigenvalue weighted by molar-refractivity contribution is 5.89. The third-order valence-corrected chi connectivity index (χ3v) is 4.99. The van der Waals surface area contributed by atoms with Crippen LogP contribution in [0.25, 0.3) is 11.2 Å². The lowest BCUT2D eigenvalue weighted by Gasteiger charge is -2.18. The van der Waals surface area contributed by atoms with Gasteiger partial charge in [0, 0.05) is 37.8 Å². The minimum absolute atomic E-state index is 0.0730. The van der Waals surface area contributed by atoms with Gasteiger partial charge in [-0.1, -0.05) is 6.92 Å². The minimum atomic E-state index is -0.665. The van der Waals surface area contributed by atoms with Crippen LogP contribution < -0.4 is 5.32 Å². The second-order valence-corrected chi connectivity index (χ2v) is 6.95. The molecule has 1 atom stereocenters. The average molecular weight is 385 g/mol. The average Bonchev–Trinajstić information content (AvgIpc) is 3.30. The number of hydrogen-bond donors (Lipinski definition) is 1. The molecule has 0 saturated carbocycles. The first kappa shape index (κ1) is 18.3. The summed E-state index contributed by atoms with van der Waals surface area (Å²) in [4.78, 5) is 23.3. The van der Waals surface area contributed by atoms with Crippen molar-refractivity contribution < 1.29 is 13.6 Å². The van der Waals surface area contributed by atoms with Gasteiger partial charge in [0.1, 0.15) is 23.0 Å². The lowest BCUT2D eigenvalue weighted by molar-refractivity contribution is 0.221. The minimum Gasteiger partial charge on any atom is -0.324 e. The van der Waals surface area contributed by atoms with Gasteiger partial charge in [0.25, 0.3) is 0 Å². The topological polar surface area (TPSA) is 63.1 Å². The molecule has 28 heavy (non-hydrogen) atoms. The van der Waals surface area contributed by atoms with Crippen molar-refractivity contribution in [2.75, 3.05) is 18.4 Å². The van der Waals surface area contributed by atoms with E-state index in [-0.39, 0.29) is 11.6 Å². The number of fused-ring (bicyclic) bond motifs is 1. The van der Waals surface area contributed by atoms with Crippen molar-refractivity contribution in [3.63, 3.8) is 0 Å². The van der Waals surface area contributed by atoms with Crippen molar-refractivity contribution in [2.45, 2.75) is 32.2 Å². The summed E-state index contributed by atoms with van der Waals surface area (Å²) in [6.07, 6.45) is 3.46. The third kappa shape index (κ3) is 3.42. The van der Waals surface area contributed by atoms with E-state index in [1.54, 1.807) is 11.1 Å². The summed E-state index contributed by atoms with van der Waals surface area (Å²) in [5.41, 5.74) is 1.54. The predicted molar refractivity (Wildman–Crippen MR) is 102 cm³/mol. The number of aryl methyl sites for hydroxylation is 1. The number of aromatic nitrogens is 3. The first-order valence-corrected chi connectivity index (χ1v) is 9.39. The first-order valence-electron chi connectivity index (χ1n) is 9.39. The quantitative estimate of drug-likeness (QED) is 0.734. The Kier molecular flexibility index (Phi) is 4.93.